The summed E-state index contributed by atoms with van der Waals surface area (Å²) in [5, 5.41) is 6.36. The van der Waals surface area contributed by atoms with E-state index in [1.807, 2.05) is 7.05 Å². The Morgan fingerprint density at radius 3 is 3.20 bits per heavy atom. The number of nitrogens with zero attached hydrogens (tertiary/aromatic N) is 1. The predicted octanol–water partition coefficient (Wildman–Crippen LogP) is -0.418. The molecule has 0 amide bonds. The summed E-state index contributed by atoms with van der Waals surface area (Å²) in [5.41, 5.74) is 1.18. The van der Waals surface area contributed by atoms with Crippen LogP contribution in [0, 0.1) is 0 Å². The molecule has 1 aliphatic rings. The SMILES string of the molecule is C=C1CNCCN1CNC. The molecule has 0 atom stereocenters. The molecular formula is C7H15N3. The van der Waals surface area contributed by atoms with E-state index in [1.54, 1.807) is 0 Å². The van der Waals surface area contributed by atoms with Gasteiger partial charge in [0.2, 0.25) is 0 Å². The van der Waals surface area contributed by atoms with Crippen LogP contribution in [0.15, 0.2) is 12.3 Å². The second-order valence-corrected chi connectivity index (χ2v) is 2.52. The lowest BCUT2D eigenvalue weighted by Gasteiger charge is -2.30. The van der Waals surface area contributed by atoms with Crippen molar-refractivity contribution in [2.24, 2.45) is 0 Å². The minimum Gasteiger partial charge on any atom is -0.360 e. The molecule has 0 bridgehead atoms. The summed E-state index contributed by atoms with van der Waals surface area (Å²) in [6, 6.07) is 0. The minimum absolute atomic E-state index is 0.917. The average Bonchev–Trinajstić information content (AvgIpc) is 1.94. The zero-order valence-electron chi connectivity index (χ0n) is 6.48. The number of nitrogens with one attached hydrogen (secondary N) is 2. The predicted molar refractivity (Wildman–Crippen MR) is 42.6 cm³/mol. The normalized spacial score (nSPS) is 19.7. The summed E-state index contributed by atoms with van der Waals surface area (Å²) in [4.78, 5) is 2.25. The van der Waals surface area contributed by atoms with Crippen molar-refractivity contribution < 1.29 is 0 Å². The lowest BCUT2D eigenvalue weighted by atomic mass is 10.3. The van der Waals surface area contributed by atoms with E-state index in [-0.39, 0.29) is 0 Å². The van der Waals surface area contributed by atoms with Crippen molar-refractivity contribution in [3.05, 3.63) is 12.3 Å². The van der Waals surface area contributed by atoms with Gasteiger partial charge in [-0.15, -0.1) is 0 Å². The Kier molecular flexibility index (Phi) is 2.71. The van der Waals surface area contributed by atoms with Crippen molar-refractivity contribution in [1.29, 1.82) is 0 Å². The van der Waals surface area contributed by atoms with Gasteiger partial charge in [0.05, 0.1) is 6.67 Å². The molecule has 3 heteroatoms. The van der Waals surface area contributed by atoms with E-state index >= 15 is 0 Å². The van der Waals surface area contributed by atoms with Crippen LogP contribution in [0.2, 0.25) is 0 Å². The van der Waals surface area contributed by atoms with E-state index in [1.165, 1.54) is 5.70 Å². The maximum absolute atomic E-state index is 3.94. The third-order valence-corrected chi connectivity index (χ3v) is 1.68. The summed E-state index contributed by atoms with van der Waals surface area (Å²) in [7, 11) is 1.95. The Morgan fingerprint density at radius 2 is 2.60 bits per heavy atom. The van der Waals surface area contributed by atoms with Crippen LogP contribution in [0.1, 0.15) is 0 Å². The number of piperazine rings is 1. The molecule has 0 radical (unpaired) electrons. The molecule has 0 spiro atoms. The summed E-state index contributed by atoms with van der Waals surface area (Å²) >= 11 is 0. The van der Waals surface area contributed by atoms with Gasteiger partial charge in [0.1, 0.15) is 0 Å². The van der Waals surface area contributed by atoms with Crippen LogP contribution in [-0.2, 0) is 0 Å². The molecule has 10 heavy (non-hydrogen) atoms. The lowest BCUT2D eigenvalue weighted by Crippen LogP contribution is -2.44. The lowest BCUT2D eigenvalue weighted by molar-refractivity contribution is 0.289. The summed E-state index contributed by atoms with van der Waals surface area (Å²) < 4.78 is 0. The van der Waals surface area contributed by atoms with Crippen molar-refractivity contribution >= 4 is 0 Å². The summed E-state index contributed by atoms with van der Waals surface area (Å²) in [5.74, 6) is 0. The Hall–Kier alpha value is -0.540. The van der Waals surface area contributed by atoms with E-state index in [0.29, 0.717) is 0 Å². The molecule has 3 nitrogen and oxygen atoms in total. The van der Waals surface area contributed by atoms with Crippen LogP contribution < -0.4 is 10.6 Å². The highest BCUT2D eigenvalue weighted by Gasteiger charge is 2.09. The van der Waals surface area contributed by atoms with Gasteiger partial charge in [-0.05, 0) is 7.05 Å². The van der Waals surface area contributed by atoms with Gasteiger partial charge in [-0.1, -0.05) is 6.58 Å². The average molecular weight is 141 g/mol. The Labute approximate surface area is 62.1 Å². The Bertz CT molecular complexity index is 120. The summed E-state index contributed by atoms with van der Waals surface area (Å²) in [6.07, 6.45) is 0. The number of rotatable bonds is 2. The van der Waals surface area contributed by atoms with Crippen LogP contribution in [-0.4, -0.2) is 38.3 Å². The third-order valence-electron chi connectivity index (χ3n) is 1.68. The number of hydrogen-bond acceptors (Lipinski definition) is 3. The molecule has 0 aromatic heterocycles. The first kappa shape index (κ1) is 7.57. The second kappa shape index (κ2) is 3.58. The third kappa shape index (κ3) is 1.72. The molecule has 0 aromatic carbocycles. The molecule has 0 aromatic rings. The van der Waals surface area contributed by atoms with Gasteiger partial charge in [-0.25, -0.2) is 0 Å². The fourth-order valence-electron chi connectivity index (χ4n) is 1.10. The monoisotopic (exact) mass is 141 g/mol. The van der Waals surface area contributed by atoms with Gasteiger partial charge in [0.15, 0.2) is 0 Å². The largest absolute Gasteiger partial charge is 0.360 e. The fraction of sp³-hybridized carbons (Fsp3) is 0.714. The summed E-state index contributed by atoms with van der Waals surface area (Å²) in [6.45, 7) is 7.93. The molecule has 0 saturated carbocycles. The minimum atomic E-state index is 0.917. The van der Waals surface area contributed by atoms with E-state index in [4.69, 9.17) is 0 Å². The smallest absolute Gasteiger partial charge is 0.0677 e. The maximum Gasteiger partial charge on any atom is 0.0677 e. The first-order valence-electron chi connectivity index (χ1n) is 3.62. The van der Waals surface area contributed by atoms with Crippen molar-refractivity contribution in [3.8, 4) is 0 Å². The highest BCUT2D eigenvalue weighted by Crippen LogP contribution is 2.01. The van der Waals surface area contributed by atoms with E-state index in [2.05, 4.69) is 22.1 Å². The van der Waals surface area contributed by atoms with Crippen LogP contribution in [0.4, 0.5) is 0 Å². The standard InChI is InChI=1S/C7H15N3/c1-7-5-9-3-4-10(7)6-8-2/h8-9H,1,3-6H2,2H3. The Balaban J connectivity index is 2.32. The topological polar surface area (TPSA) is 27.3 Å². The van der Waals surface area contributed by atoms with Gasteiger partial charge in [0, 0.05) is 25.3 Å². The highest BCUT2D eigenvalue weighted by molar-refractivity contribution is 4.99. The van der Waals surface area contributed by atoms with Crippen LogP contribution in [0.3, 0.4) is 0 Å². The zero-order chi connectivity index (χ0) is 7.40. The zero-order valence-corrected chi connectivity index (χ0v) is 6.48. The first-order valence-corrected chi connectivity index (χ1v) is 3.62. The van der Waals surface area contributed by atoms with Crippen molar-refractivity contribution in [1.82, 2.24) is 15.5 Å². The van der Waals surface area contributed by atoms with Crippen LogP contribution in [0.25, 0.3) is 0 Å². The molecule has 1 heterocycles. The fourth-order valence-corrected chi connectivity index (χ4v) is 1.10. The molecule has 1 saturated heterocycles. The molecule has 1 fully saturated rings. The van der Waals surface area contributed by atoms with Crippen molar-refractivity contribution in [3.63, 3.8) is 0 Å². The van der Waals surface area contributed by atoms with E-state index in [9.17, 15) is 0 Å². The maximum atomic E-state index is 3.94. The molecular weight excluding hydrogens is 126 g/mol. The van der Waals surface area contributed by atoms with E-state index in [0.717, 1.165) is 26.3 Å². The van der Waals surface area contributed by atoms with Gasteiger partial charge in [-0.2, -0.15) is 0 Å². The van der Waals surface area contributed by atoms with Gasteiger partial charge in [0.25, 0.3) is 0 Å². The number of hydrogen-bond donors (Lipinski definition) is 2. The molecule has 58 valence electrons. The molecule has 0 unspecified atom stereocenters. The highest BCUT2D eigenvalue weighted by atomic mass is 15.3. The van der Waals surface area contributed by atoms with Gasteiger partial charge >= 0.3 is 0 Å². The van der Waals surface area contributed by atoms with Crippen molar-refractivity contribution in [2.75, 3.05) is 33.4 Å². The molecule has 1 aliphatic heterocycles. The second-order valence-electron chi connectivity index (χ2n) is 2.52. The van der Waals surface area contributed by atoms with Gasteiger partial charge < -0.3 is 15.5 Å². The molecule has 2 N–H and O–H groups in total. The van der Waals surface area contributed by atoms with Crippen LogP contribution in [0.5, 0.6) is 0 Å². The Morgan fingerprint density at radius 1 is 1.80 bits per heavy atom. The quantitative estimate of drug-likeness (QED) is 0.547. The molecule has 0 aliphatic carbocycles. The van der Waals surface area contributed by atoms with Crippen LogP contribution >= 0.6 is 0 Å². The molecule has 1 rings (SSSR count). The van der Waals surface area contributed by atoms with E-state index < -0.39 is 0 Å². The van der Waals surface area contributed by atoms with Crippen molar-refractivity contribution in [2.45, 2.75) is 0 Å². The first-order chi connectivity index (χ1) is 4.84. The van der Waals surface area contributed by atoms with Gasteiger partial charge in [-0.3, -0.25) is 0 Å².